The average Bonchev–Trinajstić information content (AvgIpc) is 3.16. The largest absolute Gasteiger partial charge is 0.290 e. The van der Waals surface area contributed by atoms with Crippen LogP contribution in [0.5, 0.6) is 0 Å². The molecular formula is C21H19N3S. The van der Waals surface area contributed by atoms with E-state index in [0.29, 0.717) is 0 Å². The molecule has 3 nitrogen and oxygen atoms in total. The van der Waals surface area contributed by atoms with Gasteiger partial charge in [-0.2, -0.15) is 11.3 Å². The minimum Gasteiger partial charge on any atom is -0.290 e. The van der Waals surface area contributed by atoms with Crippen molar-refractivity contribution in [3.63, 3.8) is 0 Å². The number of thiophene rings is 1. The highest BCUT2D eigenvalue weighted by atomic mass is 32.1. The molecule has 25 heavy (non-hydrogen) atoms. The van der Waals surface area contributed by atoms with Crippen LogP contribution in [0, 0.1) is 0 Å². The van der Waals surface area contributed by atoms with Crippen LogP contribution < -0.4 is 0 Å². The first kappa shape index (κ1) is 15.9. The lowest BCUT2D eigenvalue weighted by atomic mass is 10.1. The van der Waals surface area contributed by atoms with Gasteiger partial charge < -0.3 is 0 Å². The quantitative estimate of drug-likeness (QED) is 0.498. The van der Waals surface area contributed by atoms with E-state index in [9.17, 15) is 0 Å². The van der Waals surface area contributed by atoms with E-state index in [1.807, 2.05) is 30.7 Å². The summed E-state index contributed by atoms with van der Waals surface area (Å²) >= 11 is 1.75. The molecule has 4 heteroatoms. The molecule has 0 fully saturated rings. The monoisotopic (exact) mass is 345 g/mol. The molecule has 0 radical (unpaired) electrons. The number of rotatable bonds is 6. The summed E-state index contributed by atoms with van der Waals surface area (Å²) in [4.78, 5) is 11.2. The summed E-state index contributed by atoms with van der Waals surface area (Å²) in [6, 6.07) is 16.8. The Morgan fingerprint density at radius 1 is 0.840 bits per heavy atom. The van der Waals surface area contributed by atoms with E-state index < -0.39 is 0 Å². The molecule has 0 bridgehead atoms. The molecule has 4 rings (SSSR count). The van der Waals surface area contributed by atoms with Gasteiger partial charge in [-0.3, -0.25) is 14.9 Å². The van der Waals surface area contributed by atoms with E-state index >= 15 is 0 Å². The molecule has 0 saturated heterocycles. The number of pyridine rings is 2. The second kappa shape index (κ2) is 7.55. The Balaban J connectivity index is 1.62. The SMILES string of the molecule is c1cncc(CN(Cc2ccsc2)Cc2ccnc3ccccc23)c1. The Kier molecular flexibility index (Phi) is 4.81. The van der Waals surface area contributed by atoms with E-state index in [4.69, 9.17) is 0 Å². The van der Waals surface area contributed by atoms with Gasteiger partial charge in [-0.25, -0.2) is 0 Å². The Morgan fingerprint density at radius 2 is 1.76 bits per heavy atom. The van der Waals surface area contributed by atoms with Gasteiger partial charge in [0, 0.05) is 43.6 Å². The van der Waals surface area contributed by atoms with Crippen molar-refractivity contribution in [2.75, 3.05) is 0 Å². The molecule has 0 spiro atoms. The number of hydrogen-bond donors (Lipinski definition) is 0. The Morgan fingerprint density at radius 3 is 2.60 bits per heavy atom. The van der Waals surface area contributed by atoms with Crippen molar-refractivity contribution in [1.29, 1.82) is 0 Å². The second-order valence-electron chi connectivity index (χ2n) is 6.13. The highest BCUT2D eigenvalue weighted by Crippen LogP contribution is 2.21. The minimum absolute atomic E-state index is 0.875. The first-order chi connectivity index (χ1) is 12.4. The Hall–Kier alpha value is -2.56. The molecule has 0 N–H and O–H groups in total. The number of hydrogen-bond acceptors (Lipinski definition) is 4. The molecule has 0 saturated carbocycles. The van der Waals surface area contributed by atoms with Crippen LogP contribution in [0.1, 0.15) is 16.7 Å². The normalized spacial score (nSPS) is 11.2. The summed E-state index contributed by atoms with van der Waals surface area (Å²) < 4.78 is 0. The van der Waals surface area contributed by atoms with Crippen molar-refractivity contribution in [3.05, 3.63) is 94.6 Å². The average molecular weight is 345 g/mol. The fraction of sp³-hybridized carbons (Fsp3) is 0.143. The molecule has 3 heterocycles. The standard InChI is InChI=1S/C21H19N3S/c1-2-6-21-20(5-1)19(7-10-23-21)15-24(14-18-8-11-25-16-18)13-17-4-3-9-22-12-17/h1-12,16H,13-15H2. The lowest BCUT2D eigenvalue weighted by Crippen LogP contribution is -2.22. The molecule has 0 aliphatic carbocycles. The maximum atomic E-state index is 4.48. The minimum atomic E-state index is 0.875. The third kappa shape index (κ3) is 3.92. The van der Waals surface area contributed by atoms with Crippen LogP contribution in [0.15, 0.2) is 77.9 Å². The molecule has 0 amide bonds. The van der Waals surface area contributed by atoms with Gasteiger partial charge in [-0.15, -0.1) is 0 Å². The van der Waals surface area contributed by atoms with Gasteiger partial charge in [-0.1, -0.05) is 24.3 Å². The summed E-state index contributed by atoms with van der Waals surface area (Å²) in [5.74, 6) is 0. The lowest BCUT2D eigenvalue weighted by Gasteiger charge is -2.23. The van der Waals surface area contributed by atoms with Crippen molar-refractivity contribution in [2.45, 2.75) is 19.6 Å². The summed E-state index contributed by atoms with van der Waals surface area (Å²) in [5, 5.41) is 5.59. The smallest absolute Gasteiger partial charge is 0.0705 e. The third-order valence-corrected chi connectivity index (χ3v) is 4.98. The molecule has 0 aliphatic rings. The van der Waals surface area contributed by atoms with Crippen LogP contribution in [-0.2, 0) is 19.6 Å². The number of benzene rings is 1. The van der Waals surface area contributed by atoms with Gasteiger partial charge in [0.25, 0.3) is 0 Å². The van der Waals surface area contributed by atoms with Crippen LogP contribution in [0.2, 0.25) is 0 Å². The van der Waals surface area contributed by atoms with Gasteiger partial charge in [0.05, 0.1) is 5.52 Å². The second-order valence-corrected chi connectivity index (χ2v) is 6.91. The first-order valence-electron chi connectivity index (χ1n) is 8.33. The lowest BCUT2D eigenvalue weighted by molar-refractivity contribution is 0.248. The molecule has 0 aliphatic heterocycles. The fourth-order valence-electron chi connectivity index (χ4n) is 3.09. The van der Waals surface area contributed by atoms with E-state index in [-0.39, 0.29) is 0 Å². The number of aromatic nitrogens is 2. The fourth-order valence-corrected chi connectivity index (χ4v) is 3.75. The molecule has 0 unspecified atom stereocenters. The van der Waals surface area contributed by atoms with Crippen LogP contribution >= 0.6 is 11.3 Å². The molecule has 0 atom stereocenters. The predicted molar refractivity (Wildman–Crippen MR) is 103 cm³/mol. The van der Waals surface area contributed by atoms with Crippen LogP contribution in [0.25, 0.3) is 10.9 Å². The Labute approximate surface area is 151 Å². The zero-order chi connectivity index (χ0) is 16.9. The van der Waals surface area contributed by atoms with Gasteiger partial charge in [0.15, 0.2) is 0 Å². The van der Waals surface area contributed by atoms with Crippen molar-refractivity contribution in [3.8, 4) is 0 Å². The summed E-state index contributed by atoms with van der Waals surface area (Å²) in [6.07, 6.45) is 5.68. The van der Waals surface area contributed by atoms with Crippen LogP contribution in [-0.4, -0.2) is 14.9 Å². The van der Waals surface area contributed by atoms with E-state index in [1.54, 1.807) is 11.3 Å². The van der Waals surface area contributed by atoms with E-state index in [0.717, 1.165) is 25.2 Å². The maximum absolute atomic E-state index is 4.48. The van der Waals surface area contributed by atoms with Gasteiger partial charge in [-0.05, 0) is 51.7 Å². The zero-order valence-electron chi connectivity index (χ0n) is 13.9. The number of fused-ring (bicyclic) bond motifs is 1. The highest BCUT2D eigenvalue weighted by Gasteiger charge is 2.11. The third-order valence-electron chi connectivity index (χ3n) is 4.25. The van der Waals surface area contributed by atoms with Crippen molar-refractivity contribution < 1.29 is 0 Å². The number of para-hydroxylation sites is 1. The van der Waals surface area contributed by atoms with Crippen molar-refractivity contribution in [2.24, 2.45) is 0 Å². The van der Waals surface area contributed by atoms with E-state index in [1.165, 1.54) is 22.1 Å². The summed E-state index contributed by atoms with van der Waals surface area (Å²) in [5.41, 5.74) is 4.95. The molecular weight excluding hydrogens is 326 g/mol. The van der Waals surface area contributed by atoms with Crippen molar-refractivity contribution in [1.82, 2.24) is 14.9 Å². The highest BCUT2D eigenvalue weighted by molar-refractivity contribution is 7.07. The topological polar surface area (TPSA) is 29.0 Å². The summed E-state index contributed by atoms with van der Waals surface area (Å²) in [6.45, 7) is 2.68. The first-order valence-corrected chi connectivity index (χ1v) is 9.28. The van der Waals surface area contributed by atoms with E-state index in [2.05, 4.69) is 62.0 Å². The van der Waals surface area contributed by atoms with Crippen LogP contribution in [0.3, 0.4) is 0 Å². The van der Waals surface area contributed by atoms with Gasteiger partial charge >= 0.3 is 0 Å². The molecule has 1 aromatic carbocycles. The van der Waals surface area contributed by atoms with Crippen molar-refractivity contribution >= 4 is 22.2 Å². The predicted octanol–water partition coefficient (Wildman–Crippen LogP) is 4.89. The van der Waals surface area contributed by atoms with Crippen LogP contribution in [0.4, 0.5) is 0 Å². The molecule has 4 aromatic rings. The molecule has 124 valence electrons. The summed E-state index contributed by atoms with van der Waals surface area (Å²) in [7, 11) is 0. The maximum Gasteiger partial charge on any atom is 0.0705 e. The number of nitrogens with zero attached hydrogens (tertiary/aromatic N) is 3. The Bertz CT molecular complexity index is 930. The zero-order valence-corrected chi connectivity index (χ0v) is 14.7. The van der Waals surface area contributed by atoms with Gasteiger partial charge in [0.2, 0.25) is 0 Å². The van der Waals surface area contributed by atoms with Gasteiger partial charge in [0.1, 0.15) is 0 Å². The molecule has 3 aromatic heterocycles.